The van der Waals surface area contributed by atoms with E-state index in [0.717, 1.165) is 0 Å². The molecule has 2 unspecified atom stereocenters. The van der Waals surface area contributed by atoms with E-state index in [4.69, 9.17) is 6.42 Å². The molecule has 1 aliphatic heterocycles. The molecule has 1 aliphatic rings. The minimum absolute atomic E-state index is 0.0951. The van der Waals surface area contributed by atoms with Gasteiger partial charge >= 0.3 is 0 Å². The normalized spacial score (nSPS) is 29.5. The molecular formula is C8H13NO2S. The zero-order valence-corrected chi connectivity index (χ0v) is 7.89. The molecule has 0 aliphatic carbocycles. The number of nitrogens with one attached hydrogen (secondary N) is 1. The van der Waals surface area contributed by atoms with Crippen LogP contribution in [-0.2, 0) is 9.84 Å². The van der Waals surface area contributed by atoms with Gasteiger partial charge in [-0.1, -0.05) is 5.92 Å². The van der Waals surface area contributed by atoms with E-state index in [2.05, 4.69) is 11.2 Å². The summed E-state index contributed by atoms with van der Waals surface area (Å²) < 4.78 is 22.2. The number of terminal acetylenes is 1. The van der Waals surface area contributed by atoms with Gasteiger partial charge in [0.2, 0.25) is 0 Å². The number of hydrogen-bond acceptors (Lipinski definition) is 3. The van der Waals surface area contributed by atoms with Crippen molar-refractivity contribution in [1.29, 1.82) is 0 Å². The van der Waals surface area contributed by atoms with Crippen LogP contribution in [0.3, 0.4) is 0 Å². The Labute approximate surface area is 73.5 Å². The Morgan fingerprint density at radius 1 is 1.67 bits per heavy atom. The lowest BCUT2D eigenvalue weighted by Gasteiger charge is -2.14. The van der Waals surface area contributed by atoms with E-state index in [0.29, 0.717) is 6.42 Å². The Morgan fingerprint density at radius 3 is 2.67 bits per heavy atom. The Kier molecular flexibility index (Phi) is 2.76. The van der Waals surface area contributed by atoms with E-state index in [9.17, 15) is 8.42 Å². The molecule has 0 radical (unpaired) electrons. The van der Waals surface area contributed by atoms with Crippen LogP contribution in [0.1, 0.15) is 6.42 Å². The highest BCUT2D eigenvalue weighted by Crippen LogP contribution is 2.21. The molecule has 0 aromatic heterocycles. The Balaban J connectivity index is 2.64. The quantitative estimate of drug-likeness (QED) is 0.601. The molecule has 0 amide bonds. The van der Waals surface area contributed by atoms with Gasteiger partial charge in [-0.3, -0.25) is 0 Å². The predicted molar refractivity (Wildman–Crippen MR) is 48.4 cm³/mol. The minimum Gasteiger partial charge on any atom is -0.307 e. The molecule has 0 aromatic carbocycles. The number of hydrogen-bond donors (Lipinski definition) is 1. The first-order valence-electron chi connectivity index (χ1n) is 3.93. The third kappa shape index (κ3) is 1.99. The highest BCUT2D eigenvalue weighted by atomic mass is 32.2. The summed E-state index contributed by atoms with van der Waals surface area (Å²) in [4.78, 5) is 0. The molecule has 3 nitrogen and oxygen atoms in total. The first-order valence-corrected chi connectivity index (χ1v) is 5.75. The highest BCUT2D eigenvalue weighted by molar-refractivity contribution is 7.91. The van der Waals surface area contributed by atoms with Crippen molar-refractivity contribution in [2.75, 3.05) is 18.6 Å². The first-order chi connectivity index (χ1) is 5.59. The molecule has 68 valence electrons. The summed E-state index contributed by atoms with van der Waals surface area (Å²) in [6.07, 6.45) is 5.94. The lowest BCUT2D eigenvalue weighted by Crippen LogP contribution is -2.32. The van der Waals surface area contributed by atoms with Crippen molar-refractivity contribution in [3.8, 4) is 12.3 Å². The summed E-state index contributed by atoms with van der Waals surface area (Å²) in [5, 5.41) is 2.93. The van der Waals surface area contributed by atoms with Crippen molar-refractivity contribution in [2.45, 2.75) is 12.5 Å². The topological polar surface area (TPSA) is 46.2 Å². The van der Waals surface area contributed by atoms with Gasteiger partial charge in [0, 0.05) is 5.92 Å². The summed E-state index contributed by atoms with van der Waals surface area (Å²) in [5.41, 5.74) is 0. The molecule has 0 aromatic rings. The average molecular weight is 187 g/mol. The van der Waals surface area contributed by atoms with Crippen molar-refractivity contribution < 1.29 is 8.42 Å². The summed E-state index contributed by atoms with van der Waals surface area (Å²) in [7, 11) is -1.04. The van der Waals surface area contributed by atoms with Crippen LogP contribution in [0.4, 0.5) is 0 Å². The van der Waals surface area contributed by atoms with Crippen LogP contribution in [0, 0.1) is 18.3 Å². The van der Waals surface area contributed by atoms with Crippen LogP contribution in [0.5, 0.6) is 0 Å². The monoisotopic (exact) mass is 187 g/mol. The Hall–Kier alpha value is -0.530. The number of sulfone groups is 1. The van der Waals surface area contributed by atoms with Gasteiger partial charge in [-0.05, 0) is 13.5 Å². The molecule has 1 heterocycles. The SMILES string of the molecule is C#CC(NC)C1CCS(=O)(=O)C1. The summed E-state index contributed by atoms with van der Waals surface area (Å²) in [6.45, 7) is 0. The van der Waals surface area contributed by atoms with Gasteiger partial charge < -0.3 is 5.32 Å². The van der Waals surface area contributed by atoms with Gasteiger partial charge in [0.15, 0.2) is 9.84 Å². The van der Waals surface area contributed by atoms with Gasteiger partial charge in [-0.15, -0.1) is 6.42 Å². The molecule has 0 saturated carbocycles. The molecule has 1 rings (SSSR count). The van der Waals surface area contributed by atoms with E-state index in [-0.39, 0.29) is 23.5 Å². The lowest BCUT2D eigenvalue weighted by molar-refractivity contribution is 0.482. The number of rotatable bonds is 2. The van der Waals surface area contributed by atoms with E-state index < -0.39 is 9.84 Å². The fourth-order valence-electron chi connectivity index (χ4n) is 1.54. The predicted octanol–water partition coefficient (Wildman–Crippen LogP) is -0.358. The van der Waals surface area contributed by atoms with Crippen LogP contribution < -0.4 is 5.32 Å². The van der Waals surface area contributed by atoms with Crippen molar-refractivity contribution in [3.05, 3.63) is 0 Å². The van der Waals surface area contributed by atoms with Gasteiger partial charge in [-0.2, -0.15) is 0 Å². The van der Waals surface area contributed by atoms with Crippen LogP contribution in [0.25, 0.3) is 0 Å². The van der Waals surface area contributed by atoms with E-state index >= 15 is 0 Å². The zero-order valence-electron chi connectivity index (χ0n) is 7.08. The van der Waals surface area contributed by atoms with Crippen LogP contribution in [-0.4, -0.2) is 33.0 Å². The second-order valence-corrected chi connectivity index (χ2v) is 5.32. The van der Waals surface area contributed by atoms with Crippen molar-refractivity contribution in [2.24, 2.45) is 5.92 Å². The van der Waals surface area contributed by atoms with Crippen molar-refractivity contribution >= 4 is 9.84 Å². The Morgan fingerprint density at radius 2 is 2.33 bits per heavy atom. The fourth-order valence-corrected chi connectivity index (χ4v) is 3.38. The molecule has 4 heteroatoms. The maximum atomic E-state index is 11.1. The molecule has 2 atom stereocenters. The van der Waals surface area contributed by atoms with E-state index in [1.807, 2.05) is 0 Å². The second kappa shape index (κ2) is 3.46. The molecule has 0 bridgehead atoms. The van der Waals surface area contributed by atoms with E-state index in [1.165, 1.54) is 0 Å². The molecule has 1 fully saturated rings. The molecule has 0 spiro atoms. The maximum absolute atomic E-state index is 11.1. The third-order valence-corrected chi connectivity index (χ3v) is 4.02. The summed E-state index contributed by atoms with van der Waals surface area (Å²) in [6, 6.07) is -0.0951. The van der Waals surface area contributed by atoms with Gasteiger partial charge in [-0.25, -0.2) is 8.42 Å². The molecule has 1 N–H and O–H groups in total. The second-order valence-electron chi connectivity index (χ2n) is 3.10. The lowest BCUT2D eigenvalue weighted by atomic mass is 10.0. The van der Waals surface area contributed by atoms with Crippen LogP contribution in [0.15, 0.2) is 0 Å². The average Bonchev–Trinajstić information content (AvgIpc) is 2.34. The fraction of sp³-hybridized carbons (Fsp3) is 0.750. The van der Waals surface area contributed by atoms with Gasteiger partial charge in [0.1, 0.15) is 0 Å². The summed E-state index contributed by atoms with van der Waals surface area (Å²) in [5.74, 6) is 3.19. The summed E-state index contributed by atoms with van der Waals surface area (Å²) >= 11 is 0. The highest BCUT2D eigenvalue weighted by Gasteiger charge is 2.31. The first kappa shape index (κ1) is 9.56. The van der Waals surface area contributed by atoms with Crippen molar-refractivity contribution in [1.82, 2.24) is 5.32 Å². The standard InChI is InChI=1S/C8H13NO2S/c1-3-8(9-2)7-4-5-12(10,11)6-7/h1,7-9H,4-6H2,2H3. The van der Waals surface area contributed by atoms with Gasteiger partial charge in [0.25, 0.3) is 0 Å². The third-order valence-electron chi connectivity index (χ3n) is 2.23. The zero-order chi connectivity index (χ0) is 9.19. The minimum atomic E-state index is -2.80. The van der Waals surface area contributed by atoms with Crippen molar-refractivity contribution in [3.63, 3.8) is 0 Å². The molecule has 1 saturated heterocycles. The largest absolute Gasteiger partial charge is 0.307 e. The molecule has 12 heavy (non-hydrogen) atoms. The van der Waals surface area contributed by atoms with Crippen LogP contribution in [0.2, 0.25) is 0 Å². The maximum Gasteiger partial charge on any atom is 0.150 e. The molecular weight excluding hydrogens is 174 g/mol. The van der Waals surface area contributed by atoms with Gasteiger partial charge in [0.05, 0.1) is 17.5 Å². The van der Waals surface area contributed by atoms with E-state index in [1.54, 1.807) is 7.05 Å². The van der Waals surface area contributed by atoms with Crippen LogP contribution >= 0.6 is 0 Å². The smallest absolute Gasteiger partial charge is 0.150 e. The Bertz CT molecular complexity index is 289.